The van der Waals surface area contributed by atoms with Crippen LogP contribution in [0.2, 0.25) is 0 Å². The van der Waals surface area contributed by atoms with Crippen LogP contribution in [0.3, 0.4) is 0 Å². The summed E-state index contributed by atoms with van der Waals surface area (Å²) in [7, 11) is 0. The Labute approximate surface area is 109 Å². The van der Waals surface area contributed by atoms with Crippen molar-refractivity contribution in [3.05, 3.63) is 52.0 Å². The van der Waals surface area contributed by atoms with Gasteiger partial charge in [0.25, 0.3) is 0 Å². The number of para-hydroxylation sites is 1. The van der Waals surface area contributed by atoms with Crippen LogP contribution in [-0.2, 0) is 0 Å². The Hall–Kier alpha value is -2.72. The van der Waals surface area contributed by atoms with Crippen molar-refractivity contribution in [2.24, 2.45) is 5.11 Å². The van der Waals surface area contributed by atoms with Crippen LogP contribution in [0.5, 0.6) is 0 Å². The smallest absolute Gasteiger partial charge is 0.352 e. The van der Waals surface area contributed by atoms with E-state index < -0.39 is 5.97 Å². The number of carbonyl (C=O) groups is 1. The molecule has 6 nitrogen and oxygen atoms in total. The molecular weight excluding hydrogens is 244 g/mol. The molecule has 0 atom stereocenters. The Kier molecular flexibility index (Phi) is 3.85. The van der Waals surface area contributed by atoms with E-state index in [2.05, 4.69) is 15.0 Å². The van der Waals surface area contributed by atoms with Crippen LogP contribution in [-0.4, -0.2) is 22.6 Å². The summed E-state index contributed by atoms with van der Waals surface area (Å²) >= 11 is 0. The zero-order valence-electron chi connectivity index (χ0n) is 10.1. The molecule has 96 valence electrons. The van der Waals surface area contributed by atoms with Crippen LogP contribution in [0.4, 0.5) is 0 Å². The van der Waals surface area contributed by atoms with Crippen molar-refractivity contribution in [2.75, 3.05) is 6.54 Å². The van der Waals surface area contributed by atoms with Gasteiger partial charge in [-0.15, -0.1) is 0 Å². The molecule has 0 fully saturated rings. The predicted molar refractivity (Wildman–Crippen MR) is 72.9 cm³/mol. The zero-order chi connectivity index (χ0) is 13.7. The summed E-state index contributed by atoms with van der Waals surface area (Å²) < 4.78 is 0. The second kappa shape index (κ2) is 5.75. The minimum atomic E-state index is -0.995. The van der Waals surface area contributed by atoms with E-state index in [1.165, 1.54) is 0 Å². The lowest BCUT2D eigenvalue weighted by Crippen LogP contribution is -1.98. The Balaban J connectivity index is 2.36. The SMILES string of the molecule is [N-]=[N+]=NCCC=Cc1c(C(=O)O)[nH]c2ccccc12. The third-order valence-corrected chi connectivity index (χ3v) is 2.70. The highest BCUT2D eigenvalue weighted by Gasteiger charge is 2.14. The third-order valence-electron chi connectivity index (χ3n) is 2.70. The summed E-state index contributed by atoms with van der Waals surface area (Å²) in [6, 6.07) is 7.41. The summed E-state index contributed by atoms with van der Waals surface area (Å²) in [5, 5.41) is 13.5. The molecule has 6 heteroatoms. The Bertz CT molecular complexity index is 681. The number of H-pyrrole nitrogens is 1. The molecule has 2 rings (SSSR count). The average molecular weight is 256 g/mol. The van der Waals surface area contributed by atoms with E-state index >= 15 is 0 Å². The van der Waals surface area contributed by atoms with Crippen molar-refractivity contribution in [3.63, 3.8) is 0 Å². The number of rotatable bonds is 5. The van der Waals surface area contributed by atoms with Crippen molar-refractivity contribution in [2.45, 2.75) is 6.42 Å². The fourth-order valence-electron chi connectivity index (χ4n) is 1.88. The highest BCUT2D eigenvalue weighted by molar-refractivity contribution is 6.01. The minimum Gasteiger partial charge on any atom is -0.477 e. The van der Waals surface area contributed by atoms with Crippen LogP contribution >= 0.6 is 0 Å². The van der Waals surface area contributed by atoms with E-state index in [9.17, 15) is 9.90 Å². The van der Waals surface area contributed by atoms with Gasteiger partial charge in [-0.1, -0.05) is 35.5 Å². The Morgan fingerprint density at radius 3 is 3.00 bits per heavy atom. The molecule has 2 aromatic rings. The second-order valence-electron chi connectivity index (χ2n) is 3.91. The first-order valence-corrected chi connectivity index (χ1v) is 5.75. The molecule has 0 aliphatic carbocycles. The molecule has 0 aliphatic rings. The number of aromatic carboxylic acids is 1. The predicted octanol–water partition coefficient (Wildman–Crippen LogP) is 3.58. The fraction of sp³-hybridized carbons (Fsp3) is 0.154. The molecule has 0 saturated carbocycles. The molecule has 0 aliphatic heterocycles. The fourth-order valence-corrected chi connectivity index (χ4v) is 1.88. The van der Waals surface area contributed by atoms with Gasteiger partial charge >= 0.3 is 5.97 Å². The number of carboxylic acid groups (broad SMARTS) is 1. The summed E-state index contributed by atoms with van der Waals surface area (Å²) in [6.07, 6.45) is 4.12. The second-order valence-corrected chi connectivity index (χ2v) is 3.91. The van der Waals surface area contributed by atoms with E-state index in [4.69, 9.17) is 5.53 Å². The first-order chi connectivity index (χ1) is 9.24. The maximum absolute atomic E-state index is 11.2. The first-order valence-electron chi connectivity index (χ1n) is 5.75. The molecule has 1 aromatic heterocycles. The van der Waals surface area contributed by atoms with Gasteiger partial charge in [-0.3, -0.25) is 0 Å². The van der Waals surface area contributed by atoms with Gasteiger partial charge in [0.15, 0.2) is 0 Å². The number of benzene rings is 1. The summed E-state index contributed by atoms with van der Waals surface area (Å²) in [4.78, 5) is 16.7. The molecule has 0 amide bonds. The highest BCUT2D eigenvalue weighted by atomic mass is 16.4. The van der Waals surface area contributed by atoms with Gasteiger partial charge in [0.2, 0.25) is 0 Å². The number of carboxylic acids is 1. The van der Waals surface area contributed by atoms with Crippen molar-refractivity contribution in [3.8, 4) is 0 Å². The molecule has 0 saturated heterocycles. The number of hydrogen-bond donors (Lipinski definition) is 2. The Morgan fingerprint density at radius 2 is 2.26 bits per heavy atom. The molecule has 0 spiro atoms. The Morgan fingerprint density at radius 1 is 1.47 bits per heavy atom. The summed E-state index contributed by atoms with van der Waals surface area (Å²) in [5.41, 5.74) is 9.76. The van der Waals surface area contributed by atoms with E-state index in [1.807, 2.05) is 24.3 Å². The van der Waals surface area contributed by atoms with Gasteiger partial charge in [0.1, 0.15) is 5.69 Å². The number of aromatic amines is 1. The topological polar surface area (TPSA) is 102 Å². The standard InChI is InChI=1S/C13H12N4O2/c14-17-15-8-4-3-6-10-9-5-1-2-7-11(9)16-12(10)13(18)19/h1-3,5-7,16H,4,8H2,(H,18,19). The molecule has 1 heterocycles. The number of hydrogen-bond acceptors (Lipinski definition) is 2. The van der Waals surface area contributed by atoms with Crippen LogP contribution in [0.1, 0.15) is 22.5 Å². The van der Waals surface area contributed by atoms with E-state index in [1.54, 1.807) is 12.2 Å². The molecule has 0 radical (unpaired) electrons. The summed E-state index contributed by atoms with van der Waals surface area (Å²) in [6.45, 7) is 0.359. The zero-order valence-corrected chi connectivity index (χ0v) is 10.1. The minimum absolute atomic E-state index is 0.168. The average Bonchev–Trinajstić information content (AvgIpc) is 2.78. The van der Waals surface area contributed by atoms with Gasteiger partial charge in [0.05, 0.1) is 0 Å². The molecule has 19 heavy (non-hydrogen) atoms. The van der Waals surface area contributed by atoms with Crippen molar-refractivity contribution in [1.29, 1.82) is 0 Å². The van der Waals surface area contributed by atoms with Gasteiger partial charge < -0.3 is 10.1 Å². The molecule has 0 bridgehead atoms. The first kappa shape index (κ1) is 12.7. The maximum Gasteiger partial charge on any atom is 0.352 e. The van der Waals surface area contributed by atoms with Crippen LogP contribution in [0.25, 0.3) is 27.4 Å². The van der Waals surface area contributed by atoms with Crippen molar-refractivity contribution >= 4 is 22.9 Å². The van der Waals surface area contributed by atoms with E-state index in [0.29, 0.717) is 18.5 Å². The largest absolute Gasteiger partial charge is 0.477 e. The molecular formula is C13H12N4O2. The monoisotopic (exact) mass is 256 g/mol. The van der Waals surface area contributed by atoms with Crippen LogP contribution < -0.4 is 0 Å². The van der Waals surface area contributed by atoms with E-state index in [0.717, 1.165) is 10.9 Å². The lowest BCUT2D eigenvalue weighted by atomic mass is 10.1. The van der Waals surface area contributed by atoms with Crippen molar-refractivity contribution < 1.29 is 9.90 Å². The number of azide groups is 1. The van der Waals surface area contributed by atoms with Gasteiger partial charge in [-0.25, -0.2) is 4.79 Å². The van der Waals surface area contributed by atoms with Crippen LogP contribution in [0.15, 0.2) is 35.5 Å². The quantitative estimate of drug-likeness (QED) is 0.369. The lowest BCUT2D eigenvalue weighted by Gasteiger charge is -1.94. The molecule has 2 N–H and O–H groups in total. The summed E-state index contributed by atoms with van der Waals surface area (Å²) in [5.74, 6) is -0.995. The van der Waals surface area contributed by atoms with Crippen molar-refractivity contribution in [1.82, 2.24) is 4.98 Å². The molecule has 0 unspecified atom stereocenters. The number of fused-ring (bicyclic) bond motifs is 1. The number of nitrogens with zero attached hydrogens (tertiary/aromatic N) is 3. The van der Waals surface area contributed by atoms with Gasteiger partial charge in [-0.2, -0.15) is 0 Å². The van der Waals surface area contributed by atoms with Gasteiger partial charge in [0, 0.05) is 27.9 Å². The number of aromatic nitrogens is 1. The third kappa shape index (κ3) is 2.75. The van der Waals surface area contributed by atoms with E-state index in [-0.39, 0.29) is 5.69 Å². The molecule has 1 aromatic carbocycles. The van der Waals surface area contributed by atoms with Gasteiger partial charge in [-0.05, 0) is 18.0 Å². The lowest BCUT2D eigenvalue weighted by molar-refractivity contribution is 0.0691. The highest BCUT2D eigenvalue weighted by Crippen LogP contribution is 2.23. The number of nitrogens with one attached hydrogen (secondary N) is 1. The van der Waals surface area contributed by atoms with Crippen LogP contribution in [0, 0.1) is 0 Å². The normalized spacial score (nSPS) is 10.7. The maximum atomic E-state index is 11.2.